The summed E-state index contributed by atoms with van der Waals surface area (Å²) in [4.78, 5) is 0. The molecule has 1 nitrogen and oxygen atoms in total. The van der Waals surface area contributed by atoms with Gasteiger partial charge >= 0.3 is 0 Å². The molecule has 0 heterocycles. The lowest BCUT2D eigenvalue weighted by atomic mass is 9.58. The predicted molar refractivity (Wildman–Crippen MR) is 83.3 cm³/mol. The van der Waals surface area contributed by atoms with E-state index in [9.17, 15) is 0 Å². The van der Waals surface area contributed by atoms with Gasteiger partial charge in [0.05, 0.1) is 5.02 Å². The average Bonchev–Trinajstić information content (AvgIpc) is 2.43. The van der Waals surface area contributed by atoms with Crippen molar-refractivity contribution in [2.45, 2.75) is 50.0 Å². The molecule has 0 amide bonds. The SMILES string of the molecule is Clc1ccc(Br)cc1OC1CC(Cl)C12CCCCC2. The fraction of sp³-hybridized carbons (Fsp3) is 0.600. The van der Waals surface area contributed by atoms with Crippen LogP contribution in [0.4, 0.5) is 0 Å². The summed E-state index contributed by atoms with van der Waals surface area (Å²) in [6, 6.07) is 5.74. The second-order valence-electron chi connectivity index (χ2n) is 5.68. The number of halogens is 3. The zero-order valence-corrected chi connectivity index (χ0v) is 13.8. The van der Waals surface area contributed by atoms with Crippen molar-refractivity contribution in [3.8, 4) is 5.75 Å². The van der Waals surface area contributed by atoms with E-state index in [1.807, 2.05) is 18.2 Å². The van der Waals surface area contributed by atoms with Gasteiger partial charge in [0, 0.05) is 21.7 Å². The third-order valence-electron chi connectivity index (χ3n) is 4.63. The van der Waals surface area contributed by atoms with Gasteiger partial charge in [0.25, 0.3) is 0 Å². The highest BCUT2D eigenvalue weighted by molar-refractivity contribution is 9.10. The molecule has 2 atom stereocenters. The first-order valence-electron chi connectivity index (χ1n) is 6.87. The van der Waals surface area contributed by atoms with E-state index in [2.05, 4.69) is 15.9 Å². The van der Waals surface area contributed by atoms with Gasteiger partial charge in [-0.3, -0.25) is 0 Å². The van der Waals surface area contributed by atoms with Crippen LogP contribution in [0.25, 0.3) is 0 Å². The molecule has 0 aliphatic heterocycles. The first kappa shape index (κ1) is 14.0. The van der Waals surface area contributed by atoms with Crippen LogP contribution in [0, 0.1) is 5.41 Å². The summed E-state index contributed by atoms with van der Waals surface area (Å²) >= 11 is 16.2. The van der Waals surface area contributed by atoms with Crippen LogP contribution in [0.1, 0.15) is 38.5 Å². The van der Waals surface area contributed by atoms with Gasteiger partial charge in [-0.2, -0.15) is 0 Å². The molecular weight excluding hydrogens is 347 g/mol. The van der Waals surface area contributed by atoms with Crippen LogP contribution in [0.5, 0.6) is 5.75 Å². The minimum absolute atomic E-state index is 0.186. The number of hydrogen-bond acceptors (Lipinski definition) is 1. The molecule has 2 fully saturated rings. The van der Waals surface area contributed by atoms with Crippen LogP contribution in [0.15, 0.2) is 22.7 Å². The Morgan fingerprint density at radius 2 is 1.95 bits per heavy atom. The molecule has 0 N–H and O–H groups in total. The molecule has 1 aromatic carbocycles. The average molecular weight is 364 g/mol. The standard InChI is InChI=1S/C15H17BrCl2O/c16-10-4-5-11(17)12(8-10)19-14-9-13(18)15(14)6-2-1-3-7-15/h4-5,8,13-14H,1-3,6-7,9H2. The Bertz CT molecular complexity index is 471. The van der Waals surface area contributed by atoms with E-state index in [-0.39, 0.29) is 16.9 Å². The van der Waals surface area contributed by atoms with Crippen LogP contribution in [0.3, 0.4) is 0 Å². The second-order valence-corrected chi connectivity index (χ2v) is 7.53. The first-order chi connectivity index (χ1) is 9.12. The number of ether oxygens (including phenoxy) is 1. The molecule has 2 unspecified atom stereocenters. The van der Waals surface area contributed by atoms with Crippen molar-refractivity contribution in [2.24, 2.45) is 5.41 Å². The number of benzene rings is 1. The van der Waals surface area contributed by atoms with E-state index in [1.54, 1.807) is 0 Å². The van der Waals surface area contributed by atoms with Crippen LogP contribution in [-0.4, -0.2) is 11.5 Å². The van der Waals surface area contributed by atoms with E-state index in [4.69, 9.17) is 27.9 Å². The van der Waals surface area contributed by atoms with Crippen LogP contribution in [0.2, 0.25) is 5.02 Å². The Morgan fingerprint density at radius 3 is 2.63 bits per heavy atom. The third-order valence-corrected chi connectivity index (χ3v) is 6.05. The van der Waals surface area contributed by atoms with Gasteiger partial charge in [0.1, 0.15) is 11.9 Å². The monoisotopic (exact) mass is 362 g/mol. The van der Waals surface area contributed by atoms with Gasteiger partial charge in [-0.05, 0) is 31.0 Å². The molecule has 2 aliphatic carbocycles. The molecular formula is C15H17BrCl2O. The summed E-state index contributed by atoms with van der Waals surface area (Å²) in [6.45, 7) is 0. The van der Waals surface area contributed by atoms with E-state index >= 15 is 0 Å². The van der Waals surface area contributed by atoms with E-state index < -0.39 is 0 Å². The van der Waals surface area contributed by atoms with Gasteiger partial charge < -0.3 is 4.74 Å². The summed E-state index contributed by atoms with van der Waals surface area (Å²) in [7, 11) is 0. The smallest absolute Gasteiger partial charge is 0.139 e. The molecule has 1 aromatic rings. The van der Waals surface area contributed by atoms with Crippen molar-refractivity contribution in [3.63, 3.8) is 0 Å². The molecule has 3 rings (SSSR count). The quantitative estimate of drug-likeness (QED) is 0.602. The molecule has 0 radical (unpaired) electrons. The highest BCUT2D eigenvalue weighted by Crippen LogP contribution is 2.56. The van der Waals surface area contributed by atoms with Crippen molar-refractivity contribution < 1.29 is 4.74 Å². The topological polar surface area (TPSA) is 9.23 Å². The molecule has 104 valence electrons. The predicted octanol–water partition coefficient (Wildman–Crippen LogP) is 5.81. The van der Waals surface area contributed by atoms with Gasteiger partial charge in [0.2, 0.25) is 0 Å². The number of alkyl halides is 1. The molecule has 4 heteroatoms. The van der Waals surface area contributed by atoms with E-state index in [0.29, 0.717) is 5.02 Å². The zero-order valence-electron chi connectivity index (χ0n) is 10.7. The molecule has 1 spiro atoms. The van der Waals surface area contributed by atoms with E-state index in [0.717, 1.165) is 16.6 Å². The summed E-state index contributed by atoms with van der Waals surface area (Å²) in [6.07, 6.45) is 7.42. The van der Waals surface area contributed by atoms with Crippen molar-refractivity contribution >= 4 is 39.1 Å². The Kier molecular flexibility index (Phi) is 4.03. The van der Waals surface area contributed by atoms with Gasteiger partial charge in [-0.15, -0.1) is 11.6 Å². The Labute approximate surface area is 132 Å². The highest BCUT2D eigenvalue weighted by Gasteiger charge is 2.55. The lowest BCUT2D eigenvalue weighted by Crippen LogP contribution is -2.58. The maximum absolute atomic E-state index is 6.49. The van der Waals surface area contributed by atoms with Crippen molar-refractivity contribution in [2.75, 3.05) is 0 Å². The molecule has 0 saturated heterocycles. The molecule has 19 heavy (non-hydrogen) atoms. The minimum atomic E-state index is 0.186. The van der Waals surface area contributed by atoms with Gasteiger partial charge in [0.15, 0.2) is 0 Å². The summed E-state index contributed by atoms with van der Waals surface area (Å²) in [5, 5.41) is 0.941. The van der Waals surface area contributed by atoms with E-state index in [1.165, 1.54) is 32.1 Å². The van der Waals surface area contributed by atoms with Crippen molar-refractivity contribution in [1.29, 1.82) is 0 Å². The third kappa shape index (κ3) is 2.52. The van der Waals surface area contributed by atoms with Crippen LogP contribution < -0.4 is 4.74 Å². The summed E-state index contributed by atoms with van der Waals surface area (Å²) in [5.41, 5.74) is 0.186. The van der Waals surface area contributed by atoms with Crippen molar-refractivity contribution in [1.82, 2.24) is 0 Å². The highest BCUT2D eigenvalue weighted by atomic mass is 79.9. The first-order valence-corrected chi connectivity index (χ1v) is 8.48. The molecule has 0 bridgehead atoms. The van der Waals surface area contributed by atoms with Crippen LogP contribution in [-0.2, 0) is 0 Å². The molecule has 2 aliphatic rings. The number of hydrogen-bond donors (Lipinski definition) is 0. The second kappa shape index (κ2) is 5.46. The lowest BCUT2D eigenvalue weighted by Gasteiger charge is -2.55. The number of rotatable bonds is 2. The molecule has 0 aromatic heterocycles. The fourth-order valence-corrected chi connectivity index (χ4v) is 4.45. The van der Waals surface area contributed by atoms with Crippen LogP contribution >= 0.6 is 39.1 Å². The van der Waals surface area contributed by atoms with Gasteiger partial charge in [-0.1, -0.05) is 46.8 Å². The Hall–Kier alpha value is 0.0800. The zero-order chi connectivity index (χ0) is 13.5. The van der Waals surface area contributed by atoms with Gasteiger partial charge in [-0.25, -0.2) is 0 Å². The summed E-state index contributed by atoms with van der Waals surface area (Å²) < 4.78 is 7.17. The fourth-order valence-electron chi connectivity index (χ4n) is 3.43. The summed E-state index contributed by atoms with van der Waals surface area (Å²) in [5.74, 6) is 0.773. The normalized spacial score (nSPS) is 29.0. The minimum Gasteiger partial charge on any atom is -0.488 e. The maximum atomic E-state index is 6.49. The lowest BCUT2D eigenvalue weighted by molar-refractivity contribution is -0.0650. The largest absolute Gasteiger partial charge is 0.488 e. The Morgan fingerprint density at radius 1 is 1.21 bits per heavy atom. The maximum Gasteiger partial charge on any atom is 0.139 e. The van der Waals surface area contributed by atoms with Crippen molar-refractivity contribution in [3.05, 3.63) is 27.7 Å². The Balaban J connectivity index is 1.78. The molecule has 2 saturated carbocycles.